The number of para-hydroxylation sites is 1. The number of nitrogens with zero attached hydrogens (tertiary/aromatic N) is 1. The first-order valence-corrected chi connectivity index (χ1v) is 12.5. The number of carbonyl (C=O) groups is 1. The molecule has 8 nitrogen and oxygen atoms in total. The highest BCUT2D eigenvalue weighted by Gasteiger charge is 2.67. The van der Waals surface area contributed by atoms with Crippen LogP contribution in [0.25, 0.3) is 0 Å². The van der Waals surface area contributed by atoms with Gasteiger partial charge >= 0.3 is 0 Å². The second kappa shape index (κ2) is 9.38. The quantitative estimate of drug-likeness (QED) is 0.309. The molecule has 36 heavy (non-hydrogen) atoms. The zero-order chi connectivity index (χ0) is 25.6. The van der Waals surface area contributed by atoms with Crippen LogP contribution in [-0.4, -0.2) is 30.0 Å². The van der Waals surface area contributed by atoms with Crippen LogP contribution in [0.5, 0.6) is 11.5 Å². The van der Waals surface area contributed by atoms with E-state index in [4.69, 9.17) is 21.1 Å². The third-order valence-corrected chi connectivity index (χ3v) is 7.70. The number of anilines is 1. The van der Waals surface area contributed by atoms with Gasteiger partial charge < -0.3 is 14.8 Å². The first-order chi connectivity index (χ1) is 17.3. The van der Waals surface area contributed by atoms with Crippen LogP contribution < -0.4 is 20.1 Å². The van der Waals surface area contributed by atoms with Crippen LogP contribution in [-0.2, 0) is 16.9 Å². The molecule has 2 aliphatic rings. The van der Waals surface area contributed by atoms with E-state index in [0.717, 1.165) is 5.56 Å². The number of fused-ring (bicyclic) bond motifs is 2. The van der Waals surface area contributed by atoms with Crippen molar-refractivity contribution in [3.63, 3.8) is 0 Å². The molecule has 186 valence electrons. The number of nitro groups is 1. The minimum Gasteiger partial charge on any atom is -0.493 e. The summed E-state index contributed by atoms with van der Waals surface area (Å²) >= 11 is 9.64. The summed E-state index contributed by atoms with van der Waals surface area (Å²) < 4.78 is 12.2. The van der Waals surface area contributed by atoms with Crippen molar-refractivity contribution in [2.45, 2.75) is 37.1 Å². The lowest BCUT2D eigenvalue weighted by molar-refractivity contribution is -0.532. The lowest BCUT2D eigenvalue weighted by atomic mass is 9.78. The summed E-state index contributed by atoms with van der Waals surface area (Å²) in [6.07, 6.45) is 0. The van der Waals surface area contributed by atoms with Crippen LogP contribution in [0.15, 0.2) is 65.1 Å². The average molecular weight is 573 g/mol. The molecular formula is C26H23BrClN3O5. The van der Waals surface area contributed by atoms with Crippen LogP contribution in [0.2, 0.25) is 5.02 Å². The highest BCUT2D eigenvalue weighted by atomic mass is 79.9. The summed E-state index contributed by atoms with van der Waals surface area (Å²) in [5.74, 6) is -0.152. The van der Waals surface area contributed by atoms with Gasteiger partial charge in [-0.1, -0.05) is 41.9 Å². The molecule has 2 N–H and O–H groups in total. The smallest absolute Gasteiger partial charge is 0.256 e. The molecule has 3 aromatic rings. The van der Waals surface area contributed by atoms with E-state index >= 15 is 0 Å². The van der Waals surface area contributed by atoms with Gasteiger partial charge in [-0.15, -0.1) is 0 Å². The Morgan fingerprint density at radius 2 is 1.94 bits per heavy atom. The van der Waals surface area contributed by atoms with Gasteiger partial charge in [-0.25, -0.2) is 0 Å². The third kappa shape index (κ3) is 3.91. The Hall–Kier alpha value is -3.14. The van der Waals surface area contributed by atoms with E-state index in [1.165, 1.54) is 7.11 Å². The number of ether oxygens (including phenoxy) is 2. The van der Waals surface area contributed by atoms with Crippen LogP contribution in [0.1, 0.15) is 29.5 Å². The Morgan fingerprint density at radius 1 is 1.17 bits per heavy atom. The van der Waals surface area contributed by atoms with Crippen LogP contribution in [0, 0.1) is 10.1 Å². The number of rotatable bonds is 6. The Morgan fingerprint density at radius 3 is 2.67 bits per heavy atom. The summed E-state index contributed by atoms with van der Waals surface area (Å²) in [6.45, 7) is 2.11. The summed E-state index contributed by atoms with van der Waals surface area (Å²) in [4.78, 5) is 25.4. The van der Waals surface area contributed by atoms with E-state index in [2.05, 4.69) is 26.6 Å². The first-order valence-electron chi connectivity index (χ1n) is 11.3. The maximum Gasteiger partial charge on any atom is 0.256 e. The molecule has 1 amide bonds. The molecule has 4 atom stereocenters. The Bertz CT molecular complexity index is 1370. The Balaban J connectivity index is 1.53. The fourth-order valence-corrected chi connectivity index (χ4v) is 6.20. The molecular weight excluding hydrogens is 550 g/mol. The number of hydrogen-bond donors (Lipinski definition) is 2. The van der Waals surface area contributed by atoms with Crippen molar-refractivity contribution in [2.75, 3.05) is 12.4 Å². The van der Waals surface area contributed by atoms with Gasteiger partial charge in [0.1, 0.15) is 6.61 Å². The van der Waals surface area contributed by atoms with E-state index in [1.54, 1.807) is 42.5 Å². The summed E-state index contributed by atoms with van der Waals surface area (Å²) in [7, 11) is 1.52. The van der Waals surface area contributed by atoms with Crippen molar-refractivity contribution in [2.24, 2.45) is 0 Å². The van der Waals surface area contributed by atoms with Gasteiger partial charge in [0.25, 0.3) is 11.9 Å². The number of hydrogen-bond acceptors (Lipinski definition) is 6. The number of methoxy groups -OCH3 is 1. The van der Waals surface area contributed by atoms with Crippen molar-refractivity contribution in [1.82, 2.24) is 5.32 Å². The molecule has 1 fully saturated rings. The Kier molecular flexibility index (Phi) is 6.40. The van der Waals surface area contributed by atoms with Gasteiger partial charge in [0, 0.05) is 27.2 Å². The molecule has 2 aliphatic heterocycles. The molecule has 0 radical (unpaired) electrons. The molecule has 0 unspecified atom stereocenters. The zero-order valence-corrected chi connectivity index (χ0v) is 21.8. The number of benzene rings is 3. The maximum atomic E-state index is 13.2. The molecule has 10 heteroatoms. The fraction of sp³-hybridized carbons (Fsp3) is 0.269. The van der Waals surface area contributed by atoms with Crippen LogP contribution >= 0.6 is 27.5 Å². The van der Waals surface area contributed by atoms with E-state index in [1.807, 2.05) is 25.1 Å². The number of carbonyl (C=O) groups excluding carboxylic acids is 1. The summed E-state index contributed by atoms with van der Waals surface area (Å²) in [5.41, 5.74) is 1.22. The summed E-state index contributed by atoms with van der Waals surface area (Å²) in [5, 5.41) is 19.3. The molecule has 0 aliphatic carbocycles. The maximum absolute atomic E-state index is 13.2. The van der Waals surface area contributed by atoms with E-state index < -0.39 is 23.4 Å². The molecule has 2 heterocycles. The van der Waals surface area contributed by atoms with E-state index in [9.17, 15) is 14.9 Å². The van der Waals surface area contributed by atoms with Gasteiger partial charge in [-0.05, 0) is 64.3 Å². The van der Waals surface area contributed by atoms with E-state index in [-0.39, 0.29) is 17.6 Å². The number of nitrogens with one attached hydrogen (secondary N) is 2. The first kappa shape index (κ1) is 24.5. The Labute approximate surface area is 221 Å². The molecule has 0 saturated carbocycles. The second-order valence-corrected chi connectivity index (χ2v) is 10.2. The number of halogens is 2. The van der Waals surface area contributed by atoms with Gasteiger partial charge in [-0.3, -0.25) is 20.2 Å². The van der Waals surface area contributed by atoms with Crippen molar-refractivity contribution in [3.05, 3.63) is 97.0 Å². The molecule has 5 rings (SSSR count). The third-order valence-electron chi connectivity index (χ3n) is 6.87. The minimum atomic E-state index is -1.48. The highest BCUT2D eigenvalue weighted by Crippen LogP contribution is 2.51. The number of amides is 1. The van der Waals surface area contributed by atoms with Crippen molar-refractivity contribution in [3.8, 4) is 11.5 Å². The topological polar surface area (TPSA) is 103 Å². The lowest BCUT2D eigenvalue weighted by Crippen LogP contribution is -2.54. The van der Waals surface area contributed by atoms with Crippen molar-refractivity contribution >= 4 is 39.1 Å². The average Bonchev–Trinajstić information content (AvgIpc) is 3.31. The predicted octanol–water partition coefficient (Wildman–Crippen LogP) is 5.26. The van der Waals surface area contributed by atoms with Crippen LogP contribution in [0.4, 0.5) is 5.69 Å². The highest BCUT2D eigenvalue weighted by molar-refractivity contribution is 9.10. The SMILES string of the molecule is COc1cc([C@@H]2[C@H](C)N[C@]3(C(=O)Nc4ccccc43)[C@@H]2[N+](=O)[O-])cc(Br)c1OCc1cccc(Cl)c1. The largest absolute Gasteiger partial charge is 0.493 e. The second-order valence-electron chi connectivity index (χ2n) is 8.95. The fourth-order valence-electron chi connectivity index (χ4n) is 5.41. The van der Waals surface area contributed by atoms with Crippen LogP contribution in [0.3, 0.4) is 0 Å². The van der Waals surface area contributed by atoms with E-state index in [0.29, 0.717) is 37.8 Å². The lowest BCUT2D eigenvalue weighted by Gasteiger charge is -2.25. The molecule has 0 bridgehead atoms. The summed E-state index contributed by atoms with van der Waals surface area (Å²) in [6, 6.07) is 16.3. The molecule has 1 spiro atoms. The standard InChI is InChI=1S/C26H23BrClN3O5/c1-14-22(24(31(33)34)26(30-14)18-8-3-4-9-20(18)29-25(26)32)16-11-19(27)23(21(12-16)35-2)36-13-15-6-5-7-17(28)10-15/h3-12,14,22,24,30H,13H2,1-2H3,(H,29,32)/t14-,22-,24+,26-/m0/s1. The van der Waals surface area contributed by atoms with Gasteiger partial charge in [0.15, 0.2) is 17.0 Å². The van der Waals surface area contributed by atoms with Gasteiger partial charge in [0.05, 0.1) is 17.5 Å². The van der Waals surface area contributed by atoms with Crippen molar-refractivity contribution in [1.29, 1.82) is 0 Å². The molecule has 0 aromatic heterocycles. The normalized spacial score (nSPS) is 24.4. The zero-order valence-electron chi connectivity index (χ0n) is 19.5. The monoisotopic (exact) mass is 571 g/mol. The van der Waals surface area contributed by atoms with Gasteiger partial charge in [-0.2, -0.15) is 0 Å². The molecule has 3 aromatic carbocycles. The van der Waals surface area contributed by atoms with Gasteiger partial charge in [0.2, 0.25) is 0 Å². The molecule has 1 saturated heterocycles. The predicted molar refractivity (Wildman–Crippen MR) is 139 cm³/mol. The minimum absolute atomic E-state index is 0.258. The van der Waals surface area contributed by atoms with Crippen molar-refractivity contribution < 1.29 is 19.2 Å².